The molecule has 0 atom stereocenters. The number of aliphatic hydroxyl groups excluding tert-OH is 1. The third-order valence-corrected chi connectivity index (χ3v) is 3.12. The molecule has 100 valence electrons. The van der Waals surface area contributed by atoms with Crippen molar-refractivity contribution >= 4 is 5.95 Å². The van der Waals surface area contributed by atoms with E-state index in [0.29, 0.717) is 5.95 Å². The molecule has 0 saturated heterocycles. The summed E-state index contributed by atoms with van der Waals surface area (Å²) < 4.78 is 0. The number of hydrogen-bond donors (Lipinski definition) is 1. The van der Waals surface area contributed by atoms with E-state index >= 15 is 0 Å². The van der Waals surface area contributed by atoms with Crippen molar-refractivity contribution in [2.75, 3.05) is 11.4 Å². The lowest BCUT2D eigenvalue weighted by molar-refractivity contribution is 0.280. The molecule has 0 amide bonds. The van der Waals surface area contributed by atoms with Gasteiger partial charge in [0, 0.05) is 30.5 Å². The fourth-order valence-corrected chi connectivity index (χ4v) is 1.92. The summed E-state index contributed by atoms with van der Waals surface area (Å²) in [6.45, 7) is 5.59. The third kappa shape index (κ3) is 3.29. The van der Waals surface area contributed by atoms with Crippen LogP contribution < -0.4 is 4.90 Å². The highest BCUT2D eigenvalue weighted by Crippen LogP contribution is 2.14. The molecule has 0 spiro atoms. The van der Waals surface area contributed by atoms with Gasteiger partial charge in [0.25, 0.3) is 0 Å². The first-order valence-electron chi connectivity index (χ1n) is 6.46. The van der Waals surface area contributed by atoms with Crippen molar-refractivity contribution in [3.05, 3.63) is 53.3 Å². The smallest absolute Gasteiger partial charge is 0.225 e. The lowest BCUT2D eigenvalue weighted by Gasteiger charge is -2.21. The number of anilines is 1. The van der Waals surface area contributed by atoms with Crippen molar-refractivity contribution in [3.8, 4) is 0 Å². The maximum absolute atomic E-state index is 9.15. The van der Waals surface area contributed by atoms with Crippen molar-refractivity contribution in [2.24, 2.45) is 0 Å². The van der Waals surface area contributed by atoms with E-state index in [1.165, 1.54) is 5.56 Å². The molecule has 0 aliphatic carbocycles. The minimum atomic E-state index is -0.0169. The van der Waals surface area contributed by atoms with Crippen molar-refractivity contribution in [3.63, 3.8) is 0 Å². The predicted octanol–water partition coefficient (Wildman–Crippen LogP) is 2.30. The lowest BCUT2D eigenvalue weighted by Crippen LogP contribution is -2.24. The summed E-state index contributed by atoms with van der Waals surface area (Å²) in [6.07, 6.45) is 1.70. The molecule has 4 heteroatoms. The first kappa shape index (κ1) is 13.5. The average molecular weight is 257 g/mol. The van der Waals surface area contributed by atoms with Gasteiger partial charge in [-0.2, -0.15) is 0 Å². The number of aryl methyl sites for hydroxylation is 1. The highest BCUT2D eigenvalue weighted by molar-refractivity contribution is 5.34. The van der Waals surface area contributed by atoms with Gasteiger partial charge in [0.05, 0.1) is 6.61 Å². The first-order valence-corrected chi connectivity index (χ1v) is 6.46. The Balaban J connectivity index is 2.20. The molecule has 0 fully saturated rings. The summed E-state index contributed by atoms with van der Waals surface area (Å²) in [5, 5.41) is 9.15. The zero-order valence-corrected chi connectivity index (χ0v) is 11.4. The molecule has 0 saturated carbocycles. The number of benzene rings is 1. The van der Waals surface area contributed by atoms with E-state index in [9.17, 15) is 0 Å². The number of nitrogens with zero attached hydrogens (tertiary/aromatic N) is 3. The van der Waals surface area contributed by atoms with Crippen LogP contribution in [0.1, 0.15) is 23.7 Å². The molecule has 0 unspecified atom stereocenters. The maximum Gasteiger partial charge on any atom is 0.225 e. The summed E-state index contributed by atoms with van der Waals surface area (Å²) in [7, 11) is 0. The molecule has 2 rings (SSSR count). The van der Waals surface area contributed by atoms with Crippen LogP contribution in [0, 0.1) is 6.92 Å². The quantitative estimate of drug-likeness (QED) is 0.893. The summed E-state index contributed by atoms with van der Waals surface area (Å²) >= 11 is 0. The standard InChI is InChI=1S/C15H19N3O/c1-3-18(10-13-7-5-4-6-8-13)15-16-9-14(11-19)12(2)17-15/h4-9,19H,3,10-11H2,1-2H3. The van der Waals surface area contributed by atoms with Gasteiger partial charge in [-0.15, -0.1) is 0 Å². The molecule has 1 aromatic heterocycles. The Morgan fingerprint density at radius 3 is 2.53 bits per heavy atom. The van der Waals surface area contributed by atoms with Gasteiger partial charge in [-0.1, -0.05) is 30.3 Å². The second kappa shape index (κ2) is 6.29. The van der Waals surface area contributed by atoms with Gasteiger partial charge < -0.3 is 10.0 Å². The van der Waals surface area contributed by atoms with Crippen LogP contribution in [-0.2, 0) is 13.2 Å². The van der Waals surface area contributed by atoms with E-state index < -0.39 is 0 Å². The minimum Gasteiger partial charge on any atom is -0.392 e. The second-order valence-electron chi connectivity index (χ2n) is 4.44. The number of hydrogen-bond acceptors (Lipinski definition) is 4. The molecular weight excluding hydrogens is 238 g/mol. The van der Waals surface area contributed by atoms with Crippen LogP contribution in [0.2, 0.25) is 0 Å². The molecule has 19 heavy (non-hydrogen) atoms. The van der Waals surface area contributed by atoms with Gasteiger partial charge in [-0.05, 0) is 19.4 Å². The SMILES string of the molecule is CCN(Cc1ccccc1)c1ncc(CO)c(C)n1. The lowest BCUT2D eigenvalue weighted by atomic mass is 10.2. The van der Waals surface area contributed by atoms with E-state index in [1.807, 2.05) is 25.1 Å². The Kier molecular flexibility index (Phi) is 4.47. The molecule has 0 bridgehead atoms. The van der Waals surface area contributed by atoms with Crippen molar-refractivity contribution < 1.29 is 5.11 Å². The van der Waals surface area contributed by atoms with Crippen LogP contribution >= 0.6 is 0 Å². The van der Waals surface area contributed by atoms with E-state index in [1.54, 1.807) is 6.20 Å². The van der Waals surface area contributed by atoms with Crippen molar-refractivity contribution in [2.45, 2.75) is 27.0 Å². The van der Waals surface area contributed by atoms with Crippen LogP contribution in [0.15, 0.2) is 36.5 Å². The Hall–Kier alpha value is -1.94. The van der Waals surface area contributed by atoms with Gasteiger partial charge in [0.1, 0.15) is 0 Å². The summed E-state index contributed by atoms with van der Waals surface area (Å²) in [4.78, 5) is 10.9. The molecule has 0 aliphatic heterocycles. The minimum absolute atomic E-state index is 0.0169. The normalized spacial score (nSPS) is 10.5. The fraction of sp³-hybridized carbons (Fsp3) is 0.333. The van der Waals surface area contributed by atoms with E-state index in [2.05, 4.69) is 33.9 Å². The summed E-state index contributed by atoms with van der Waals surface area (Å²) in [6, 6.07) is 10.3. The molecule has 1 heterocycles. The highest BCUT2D eigenvalue weighted by Gasteiger charge is 2.10. The number of aliphatic hydroxyl groups is 1. The topological polar surface area (TPSA) is 49.2 Å². The van der Waals surface area contributed by atoms with Gasteiger partial charge in [0.15, 0.2) is 0 Å². The molecular formula is C15H19N3O. The third-order valence-electron chi connectivity index (χ3n) is 3.12. The van der Waals surface area contributed by atoms with Gasteiger partial charge in [0.2, 0.25) is 5.95 Å². The van der Waals surface area contributed by atoms with Crippen LogP contribution in [0.25, 0.3) is 0 Å². The van der Waals surface area contributed by atoms with Crippen molar-refractivity contribution in [1.82, 2.24) is 9.97 Å². The Bertz CT molecular complexity index is 528. The van der Waals surface area contributed by atoms with E-state index in [4.69, 9.17) is 5.11 Å². The molecule has 1 aromatic carbocycles. The van der Waals surface area contributed by atoms with Crippen LogP contribution in [0.3, 0.4) is 0 Å². The maximum atomic E-state index is 9.15. The van der Waals surface area contributed by atoms with Crippen LogP contribution in [-0.4, -0.2) is 21.6 Å². The zero-order valence-electron chi connectivity index (χ0n) is 11.4. The highest BCUT2D eigenvalue weighted by atomic mass is 16.3. The van der Waals surface area contributed by atoms with Crippen molar-refractivity contribution in [1.29, 1.82) is 0 Å². The van der Waals surface area contributed by atoms with Gasteiger partial charge in [-0.25, -0.2) is 9.97 Å². The van der Waals surface area contributed by atoms with Gasteiger partial charge >= 0.3 is 0 Å². The Morgan fingerprint density at radius 1 is 1.21 bits per heavy atom. The molecule has 0 radical (unpaired) electrons. The summed E-state index contributed by atoms with van der Waals surface area (Å²) in [5.41, 5.74) is 2.84. The number of aromatic nitrogens is 2. The van der Waals surface area contributed by atoms with Gasteiger partial charge in [-0.3, -0.25) is 0 Å². The zero-order chi connectivity index (χ0) is 13.7. The monoisotopic (exact) mass is 257 g/mol. The van der Waals surface area contributed by atoms with E-state index in [0.717, 1.165) is 24.3 Å². The largest absolute Gasteiger partial charge is 0.392 e. The van der Waals surface area contributed by atoms with Crippen LogP contribution in [0.5, 0.6) is 0 Å². The Morgan fingerprint density at radius 2 is 1.95 bits per heavy atom. The molecule has 1 N–H and O–H groups in total. The van der Waals surface area contributed by atoms with Crippen LogP contribution in [0.4, 0.5) is 5.95 Å². The molecule has 4 nitrogen and oxygen atoms in total. The molecule has 0 aliphatic rings. The summed E-state index contributed by atoms with van der Waals surface area (Å²) in [5.74, 6) is 0.709. The second-order valence-corrected chi connectivity index (χ2v) is 4.44. The Labute approximate surface area is 113 Å². The fourth-order valence-electron chi connectivity index (χ4n) is 1.92. The van der Waals surface area contributed by atoms with E-state index in [-0.39, 0.29) is 6.61 Å². The predicted molar refractivity (Wildman–Crippen MR) is 75.9 cm³/mol. The molecule has 2 aromatic rings. The number of rotatable bonds is 5. The first-order chi connectivity index (χ1) is 9.24. The average Bonchev–Trinajstić information content (AvgIpc) is 2.46.